The lowest BCUT2D eigenvalue weighted by Gasteiger charge is -2.23. The second-order valence-electron chi connectivity index (χ2n) is 4.63. The van der Waals surface area contributed by atoms with Gasteiger partial charge < -0.3 is 19.1 Å². The summed E-state index contributed by atoms with van der Waals surface area (Å²) in [6.07, 6.45) is 6.41. The molecule has 1 aromatic rings. The van der Waals surface area contributed by atoms with E-state index in [9.17, 15) is 9.59 Å². The number of carbonyl (C=O) groups is 2. The van der Waals surface area contributed by atoms with Gasteiger partial charge in [-0.2, -0.15) is 0 Å². The summed E-state index contributed by atoms with van der Waals surface area (Å²) in [6.45, 7) is 0. The summed E-state index contributed by atoms with van der Waals surface area (Å²) < 4.78 is 14.7. The quantitative estimate of drug-likeness (QED) is 0.779. The van der Waals surface area contributed by atoms with E-state index in [4.69, 9.17) is 25.8 Å². The highest BCUT2D eigenvalue weighted by molar-refractivity contribution is 6.32. The molecule has 0 saturated heterocycles. The summed E-state index contributed by atoms with van der Waals surface area (Å²) >= 11 is 6.16. The molecular weight excluding hydrogens is 334 g/mol. The molecule has 0 radical (unpaired) electrons. The maximum atomic E-state index is 12.3. The van der Waals surface area contributed by atoms with Crippen molar-refractivity contribution in [1.29, 1.82) is 0 Å². The van der Waals surface area contributed by atoms with E-state index in [1.807, 2.05) is 0 Å². The molecule has 6 nitrogen and oxygen atoms in total. The van der Waals surface area contributed by atoms with Crippen molar-refractivity contribution in [2.75, 3.05) is 26.2 Å². The van der Waals surface area contributed by atoms with Crippen LogP contribution in [0.1, 0.15) is 0 Å². The van der Waals surface area contributed by atoms with Crippen molar-refractivity contribution in [2.24, 2.45) is 0 Å². The lowest BCUT2D eigenvalue weighted by atomic mass is 10.1. The van der Waals surface area contributed by atoms with E-state index in [1.165, 1.54) is 32.3 Å². The van der Waals surface area contributed by atoms with E-state index >= 15 is 0 Å². The Labute approximate surface area is 144 Å². The van der Waals surface area contributed by atoms with Gasteiger partial charge in [-0.3, -0.25) is 0 Å². The van der Waals surface area contributed by atoms with Crippen molar-refractivity contribution in [3.63, 3.8) is 0 Å². The third-order valence-corrected chi connectivity index (χ3v) is 3.60. The molecule has 24 heavy (non-hydrogen) atoms. The highest BCUT2D eigenvalue weighted by Gasteiger charge is 2.27. The van der Waals surface area contributed by atoms with E-state index in [2.05, 4.69) is 0 Å². The Kier molecular flexibility index (Phi) is 5.65. The van der Waals surface area contributed by atoms with Crippen molar-refractivity contribution in [1.82, 2.24) is 0 Å². The number of carbonyl (C=O) groups excluding carboxylic acids is 2. The fourth-order valence-electron chi connectivity index (χ4n) is 2.17. The first-order valence-electron chi connectivity index (χ1n) is 6.92. The van der Waals surface area contributed by atoms with Gasteiger partial charge in [0.15, 0.2) is 0 Å². The van der Waals surface area contributed by atoms with Gasteiger partial charge in [0.1, 0.15) is 11.4 Å². The highest BCUT2D eigenvalue weighted by atomic mass is 35.5. The molecule has 0 atom stereocenters. The second kappa shape index (κ2) is 7.70. The summed E-state index contributed by atoms with van der Waals surface area (Å²) in [4.78, 5) is 25.8. The maximum absolute atomic E-state index is 12.3. The Bertz CT molecular complexity index is 751. The number of allylic oxidation sites excluding steroid dienone is 2. The average Bonchev–Trinajstić information content (AvgIpc) is 2.83. The molecule has 0 spiro atoms. The smallest absolute Gasteiger partial charge is 0.355 e. The number of benzene rings is 1. The lowest BCUT2D eigenvalue weighted by Crippen LogP contribution is -2.26. The van der Waals surface area contributed by atoms with Crippen LogP contribution in [-0.2, 0) is 19.1 Å². The minimum absolute atomic E-state index is 0.0237. The van der Waals surface area contributed by atoms with Gasteiger partial charge in [0.05, 0.1) is 31.9 Å². The first kappa shape index (κ1) is 17.6. The zero-order valence-electron chi connectivity index (χ0n) is 13.4. The monoisotopic (exact) mass is 349 g/mol. The molecule has 0 unspecified atom stereocenters. The Morgan fingerprint density at radius 2 is 1.75 bits per heavy atom. The van der Waals surface area contributed by atoms with Gasteiger partial charge >= 0.3 is 11.9 Å². The SMILES string of the molecule is COC(=O)C1=C(C(=O)OC)N(c2ccc(OC)c(Cl)c2)C=CC=C1. The Hall–Kier alpha value is -2.73. The predicted molar refractivity (Wildman–Crippen MR) is 89.8 cm³/mol. The predicted octanol–water partition coefficient (Wildman–Crippen LogP) is 2.84. The standard InChI is InChI=1S/C17H16ClNO5/c1-22-14-8-7-11(10-13(14)18)19-9-5-4-6-12(16(20)23-2)15(19)17(21)24-3/h4-10H,1-3H3. The van der Waals surface area contributed by atoms with Crippen molar-refractivity contribution in [2.45, 2.75) is 0 Å². The summed E-state index contributed by atoms with van der Waals surface area (Å²) in [5.74, 6) is -0.840. The molecule has 126 valence electrons. The van der Waals surface area contributed by atoms with E-state index in [0.717, 1.165) is 0 Å². The molecular formula is C17H16ClNO5. The summed E-state index contributed by atoms with van der Waals surface area (Å²) in [5, 5.41) is 0.365. The molecule has 0 fully saturated rings. The summed E-state index contributed by atoms with van der Waals surface area (Å²) in [6, 6.07) is 4.99. The first-order valence-corrected chi connectivity index (χ1v) is 7.29. The normalized spacial score (nSPS) is 13.6. The number of nitrogens with zero attached hydrogens (tertiary/aromatic N) is 1. The van der Waals surface area contributed by atoms with Crippen LogP contribution in [0.15, 0.2) is 53.9 Å². The fraction of sp³-hybridized carbons (Fsp3) is 0.176. The van der Waals surface area contributed by atoms with Crippen molar-refractivity contribution in [3.05, 3.63) is 58.9 Å². The van der Waals surface area contributed by atoms with Gasteiger partial charge in [-0.15, -0.1) is 0 Å². The number of esters is 2. The summed E-state index contributed by atoms with van der Waals surface area (Å²) in [5.41, 5.74) is 0.652. The Morgan fingerprint density at radius 1 is 1.04 bits per heavy atom. The number of anilines is 1. The largest absolute Gasteiger partial charge is 0.495 e. The number of rotatable bonds is 4. The zero-order valence-corrected chi connectivity index (χ0v) is 14.2. The van der Waals surface area contributed by atoms with Crippen LogP contribution in [0.4, 0.5) is 5.69 Å². The lowest BCUT2D eigenvalue weighted by molar-refractivity contribution is -0.139. The maximum Gasteiger partial charge on any atom is 0.355 e. The summed E-state index contributed by atoms with van der Waals surface area (Å²) in [7, 11) is 3.98. The zero-order chi connectivity index (χ0) is 17.7. The molecule has 0 bridgehead atoms. The molecule has 1 heterocycles. The number of methoxy groups -OCH3 is 3. The molecule has 0 N–H and O–H groups in total. The van der Waals surface area contributed by atoms with Crippen LogP contribution in [0.3, 0.4) is 0 Å². The minimum Gasteiger partial charge on any atom is -0.495 e. The van der Waals surface area contributed by atoms with Crippen molar-refractivity contribution >= 4 is 29.2 Å². The number of hydrogen-bond donors (Lipinski definition) is 0. The highest BCUT2D eigenvalue weighted by Crippen LogP contribution is 2.32. The van der Waals surface area contributed by atoms with E-state index in [1.54, 1.807) is 36.6 Å². The molecule has 1 aliphatic heterocycles. The number of hydrogen-bond acceptors (Lipinski definition) is 6. The fourth-order valence-corrected chi connectivity index (χ4v) is 2.42. The van der Waals surface area contributed by atoms with E-state index in [0.29, 0.717) is 16.5 Å². The number of halogens is 1. The van der Waals surface area contributed by atoms with Crippen LogP contribution < -0.4 is 9.64 Å². The van der Waals surface area contributed by atoms with Crippen LogP contribution in [0.5, 0.6) is 5.75 Å². The number of ether oxygens (including phenoxy) is 3. The molecule has 7 heteroatoms. The van der Waals surface area contributed by atoms with Gasteiger partial charge in [0.25, 0.3) is 0 Å². The molecule has 0 aromatic heterocycles. The minimum atomic E-state index is -0.682. The third-order valence-electron chi connectivity index (χ3n) is 3.30. The van der Waals surface area contributed by atoms with Gasteiger partial charge in [-0.05, 0) is 30.4 Å². The Morgan fingerprint density at radius 3 is 2.33 bits per heavy atom. The van der Waals surface area contributed by atoms with E-state index in [-0.39, 0.29) is 11.3 Å². The van der Waals surface area contributed by atoms with Crippen LogP contribution >= 0.6 is 11.6 Å². The van der Waals surface area contributed by atoms with Crippen LogP contribution in [-0.4, -0.2) is 33.3 Å². The third kappa shape index (κ3) is 3.44. The van der Waals surface area contributed by atoms with E-state index < -0.39 is 11.9 Å². The topological polar surface area (TPSA) is 65.1 Å². The molecule has 0 amide bonds. The first-order chi connectivity index (χ1) is 11.5. The van der Waals surface area contributed by atoms with Gasteiger partial charge in [-0.1, -0.05) is 17.7 Å². The molecule has 1 aliphatic rings. The van der Waals surface area contributed by atoms with Crippen molar-refractivity contribution in [3.8, 4) is 5.75 Å². The van der Waals surface area contributed by atoms with Crippen LogP contribution in [0.25, 0.3) is 0 Å². The second-order valence-corrected chi connectivity index (χ2v) is 5.04. The molecule has 1 aromatic carbocycles. The average molecular weight is 350 g/mol. The van der Waals surface area contributed by atoms with Crippen LogP contribution in [0.2, 0.25) is 5.02 Å². The van der Waals surface area contributed by atoms with Gasteiger partial charge in [0, 0.05) is 11.9 Å². The molecule has 0 saturated carbocycles. The molecule has 2 rings (SSSR count). The van der Waals surface area contributed by atoms with Gasteiger partial charge in [-0.25, -0.2) is 9.59 Å². The Balaban J connectivity index is 2.63. The van der Waals surface area contributed by atoms with Crippen LogP contribution in [0, 0.1) is 0 Å². The molecule has 0 aliphatic carbocycles. The van der Waals surface area contributed by atoms with Gasteiger partial charge in [0.2, 0.25) is 0 Å². The van der Waals surface area contributed by atoms with Crippen molar-refractivity contribution < 1.29 is 23.8 Å².